The van der Waals surface area contributed by atoms with E-state index in [4.69, 9.17) is 0 Å². The zero-order valence-corrected chi connectivity index (χ0v) is 12.0. The first-order valence-corrected chi connectivity index (χ1v) is 7.54. The van der Waals surface area contributed by atoms with Gasteiger partial charge in [0, 0.05) is 6.54 Å². The number of amidine groups is 1. The van der Waals surface area contributed by atoms with Gasteiger partial charge in [-0.15, -0.1) is 0 Å². The van der Waals surface area contributed by atoms with Gasteiger partial charge in [-0.1, -0.05) is 48.2 Å². The van der Waals surface area contributed by atoms with Gasteiger partial charge in [0.05, 0.1) is 11.8 Å². The molecule has 0 aromatic heterocycles. The molecule has 0 radical (unpaired) electrons. The maximum atomic E-state index is 13.1. The minimum atomic E-state index is -0.824. The Morgan fingerprint density at radius 2 is 1.90 bits per heavy atom. The fourth-order valence-electron chi connectivity index (χ4n) is 2.14. The Morgan fingerprint density at radius 3 is 2.67 bits per heavy atom. The van der Waals surface area contributed by atoms with Gasteiger partial charge in [-0.25, -0.2) is 8.78 Å². The molecule has 2 aromatic carbocycles. The minimum absolute atomic E-state index is 0.318. The van der Waals surface area contributed by atoms with Crippen molar-refractivity contribution >= 4 is 16.9 Å². The maximum absolute atomic E-state index is 13.1. The molecule has 1 unspecified atom stereocenters. The van der Waals surface area contributed by atoms with Gasteiger partial charge in [0.1, 0.15) is 0 Å². The summed E-state index contributed by atoms with van der Waals surface area (Å²) in [6.45, 7) is 1.17. The number of thioether (sulfide) groups is 1. The Balaban J connectivity index is 1.56. The normalized spacial score (nSPS) is 17.6. The Bertz CT molecular complexity index is 659. The van der Waals surface area contributed by atoms with E-state index in [1.54, 1.807) is 17.8 Å². The minimum Gasteiger partial charge on any atom is -0.361 e. The SMILES string of the molecule is Fc1ccc(CNC2=NCC(c3ccccc3)S2)cc1F. The molecule has 5 heteroatoms. The van der Waals surface area contributed by atoms with E-state index < -0.39 is 11.6 Å². The molecule has 0 bridgehead atoms. The standard InChI is InChI=1S/C16H14F2N2S/c17-13-7-6-11(8-14(13)18)9-19-16-20-10-15(21-16)12-4-2-1-3-5-12/h1-8,15H,9-10H2,(H,19,20). The lowest BCUT2D eigenvalue weighted by Crippen LogP contribution is -2.18. The Kier molecular flexibility index (Phi) is 4.20. The zero-order valence-electron chi connectivity index (χ0n) is 11.2. The van der Waals surface area contributed by atoms with Gasteiger partial charge in [0.2, 0.25) is 0 Å². The topological polar surface area (TPSA) is 24.4 Å². The number of rotatable bonds is 3. The summed E-state index contributed by atoms with van der Waals surface area (Å²) in [5, 5.41) is 4.33. The van der Waals surface area contributed by atoms with Crippen molar-refractivity contribution in [2.75, 3.05) is 6.54 Å². The molecule has 2 aromatic rings. The van der Waals surface area contributed by atoms with E-state index >= 15 is 0 Å². The second kappa shape index (κ2) is 6.26. The summed E-state index contributed by atoms with van der Waals surface area (Å²) in [5.41, 5.74) is 1.94. The van der Waals surface area contributed by atoms with Crippen molar-refractivity contribution in [3.8, 4) is 0 Å². The summed E-state index contributed by atoms with van der Waals surface area (Å²) in [4.78, 5) is 4.45. The summed E-state index contributed by atoms with van der Waals surface area (Å²) in [7, 11) is 0. The van der Waals surface area contributed by atoms with Crippen LogP contribution < -0.4 is 5.32 Å². The van der Waals surface area contributed by atoms with E-state index in [-0.39, 0.29) is 0 Å². The number of hydrogen-bond acceptors (Lipinski definition) is 3. The van der Waals surface area contributed by atoms with Crippen LogP contribution in [0, 0.1) is 11.6 Å². The van der Waals surface area contributed by atoms with Gasteiger partial charge in [0.25, 0.3) is 0 Å². The molecular weight excluding hydrogens is 290 g/mol. The Morgan fingerprint density at radius 1 is 1.10 bits per heavy atom. The lowest BCUT2D eigenvalue weighted by atomic mass is 10.1. The fraction of sp³-hybridized carbons (Fsp3) is 0.188. The van der Waals surface area contributed by atoms with Crippen LogP contribution in [0.15, 0.2) is 53.5 Å². The fourth-order valence-corrected chi connectivity index (χ4v) is 3.16. The van der Waals surface area contributed by atoms with Gasteiger partial charge in [-0.2, -0.15) is 0 Å². The summed E-state index contributed by atoms with van der Waals surface area (Å²) in [6.07, 6.45) is 0. The van der Waals surface area contributed by atoms with E-state index in [1.165, 1.54) is 11.6 Å². The second-order valence-corrected chi connectivity index (χ2v) is 5.96. The first-order chi connectivity index (χ1) is 10.2. The lowest BCUT2D eigenvalue weighted by Gasteiger charge is -2.09. The lowest BCUT2D eigenvalue weighted by molar-refractivity contribution is 0.507. The molecular formula is C16H14F2N2S. The smallest absolute Gasteiger partial charge is 0.159 e. The van der Waals surface area contributed by atoms with Crippen LogP contribution in [0.2, 0.25) is 0 Å². The summed E-state index contributed by atoms with van der Waals surface area (Å²) in [5.74, 6) is -1.65. The van der Waals surface area contributed by atoms with Crippen LogP contribution in [0.1, 0.15) is 16.4 Å². The molecule has 0 fully saturated rings. The van der Waals surface area contributed by atoms with E-state index in [1.807, 2.05) is 18.2 Å². The van der Waals surface area contributed by atoms with Crippen LogP contribution in [0.5, 0.6) is 0 Å². The Labute approximate surface area is 126 Å². The van der Waals surface area contributed by atoms with Crippen LogP contribution in [0.25, 0.3) is 0 Å². The average Bonchev–Trinajstić information content (AvgIpc) is 2.98. The third-order valence-corrected chi connectivity index (χ3v) is 4.46. The van der Waals surface area contributed by atoms with Gasteiger partial charge >= 0.3 is 0 Å². The van der Waals surface area contributed by atoms with Crippen LogP contribution in [0.4, 0.5) is 8.78 Å². The quantitative estimate of drug-likeness (QED) is 0.930. The van der Waals surface area contributed by atoms with Crippen molar-refractivity contribution < 1.29 is 8.78 Å². The highest BCUT2D eigenvalue weighted by molar-refractivity contribution is 8.14. The van der Waals surface area contributed by atoms with Crippen molar-refractivity contribution in [3.63, 3.8) is 0 Å². The van der Waals surface area contributed by atoms with Crippen molar-refractivity contribution in [1.82, 2.24) is 5.32 Å². The molecule has 1 atom stereocenters. The molecule has 1 heterocycles. The number of benzene rings is 2. The molecule has 3 rings (SSSR count). The summed E-state index contributed by atoms with van der Waals surface area (Å²) < 4.78 is 26.0. The van der Waals surface area contributed by atoms with Gasteiger partial charge in [0.15, 0.2) is 16.8 Å². The molecule has 108 valence electrons. The highest BCUT2D eigenvalue weighted by Crippen LogP contribution is 2.34. The van der Waals surface area contributed by atoms with Gasteiger partial charge < -0.3 is 5.32 Å². The van der Waals surface area contributed by atoms with Gasteiger partial charge in [-0.05, 0) is 23.3 Å². The molecule has 1 N–H and O–H groups in total. The molecule has 0 saturated heterocycles. The highest BCUT2D eigenvalue weighted by atomic mass is 32.2. The molecule has 2 nitrogen and oxygen atoms in total. The molecule has 0 aliphatic carbocycles. The van der Waals surface area contributed by atoms with Crippen molar-refractivity contribution in [3.05, 3.63) is 71.3 Å². The molecule has 1 aliphatic rings. The van der Waals surface area contributed by atoms with Crippen LogP contribution in [-0.4, -0.2) is 11.7 Å². The highest BCUT2D eigenvalue weighted by Gasteiger charge is 2.20. The monoisotopic (exact) mass is 304 g/mol. The third-order valence-electron chi connectivity index (χ3n) is 3.25. The second-order valence-electron chi connectivity index (χ2n) is 4.77. The third kappa shape index (κ3) is 3.42. The van der Waals surface area contributed by atoms with Crippen molar-refractivity contribution in [2.45, 2.75) is 11.8 Å². The van der Waals surface area contributed by atoms with Crippen molar-refractivity contribution in [2.24, 2.45) is 4.99 Å². The number of nitrogens with one attached hydrogen (secondary N) is 1. The maximum Gasteiger partial charge on any atom is 0.159 e. The predicted molar refractivity (Wildman–Crippen MR) is 82.3 cm³/mol. The predicted octanol–water partition coefficient (Wildman–Crippen LogP) is 3.90. The summed E-state index contributed by atoms with van der Waals surface area (Å²) >= 11 is 1.66. The average molecular weight is 304 g/mol. The van der Waals surface area contributed by atoms with E-state index in [0.717, 1.165) is 17.8 Å². The first kappa shape index (κ1) is 14.1. The molecule has 0 spiro atoms. The zero-order chi connectivity index (χ0) is 14.7. The Hall–Kier alpha value is -1.88. The molecule has 21 heavy (non-hydrogen) atoms. The number of hydrogen-bond donors (Lipinski definition) is 1. The number of nitrogens with zero attached hydrogens (tertiary/aromatic N) is 1. The molecule has 1 aliphatic heterocycles. The van der Waals surface area contributed by atoms with E-state index in [2.05, 4.69) is 22.4 Å². The van der Waals surface area contributed by atoms with E-state index in [0.29, 0.717) is 17.4 Å². The number of halogens is 2. The molecule has 0 saturated carbocycles. The molecule has 0 amide bonds. The van der Waals surface area contributed by atoms with Crippen LogP contribution in [-0.2, 0) is 6.54 Å². The van der Waals surface area contributed by atoms with Crippen LogP contribution >= 0.6 is 11.8 Å². The van der Waals surface area contributed by atoms with Gasteiger partial charge in [-0.3, -0.25) is 4.99 Å². The van der Waals surface area contributed by atoms with E-state index in [9.17, 15) is 8.78 Å². The number of aliphatic imine (C=N–C) groups is 1. The first-order valence-electron chi connectivity index (χ1n) is 6.66. The largest absolute Gasteiger partial charge is 0.361 e. The van der Waals surface area contributed by atoms with Crippen LogP contribution in [0.3, 0.4) is 0 Å². The summed E-state index contributed by atoms with van der Waals surface area (Å²) in [6, 6.07) is 14.1. The van der Waals surface area contributed by atoms with Crippen molar-refractivity contribution in [1.29, 1.82) is 0 Å².